The third kappa shape index (κ3) is 3.91. The number of anilines is 1. The molecule has 6 heteroatoms. The van der Waals surface area contributed by atoms with E-state index in [0.717, 1.165) is 12.1 Å². The predicted molar refractivity (Wildman–Crippen MR) is 80.8 cm³/mol. The molecule has 1 heterocycles. The summed E-state index contributed by atoms with van der Waals surface area (Å²) < 4.78 is 26.2. The van der Waals surface area contributed by atoms with Gasteiger partial charge in [-0.05, 0) is 18.2 Å². The van der Waals surface area contributed by atoms with Crippen LogP contribution in [0.4, 0.5) is 14.6 Å². The van der Waals surface area contributed by atoms with Gasteiger partial charge < -0.3 is 5.32 Å². The van der Waals surface area contributed by atoms with Crippen LogP contribution in [0.5, 0.6) is 0 Å². The van der Waals surface area contributed by atoms with Crippen molar-refractivity contribution in [2.75, 3.05) is 12.4 Å². The van der Waals surface area contributed by atoms with E-state index >= 15 is 0 Å². The maximum absolute atomic E-state index is 13.3. The number of hydrogen-bond acceptors (Lipinski definition) is 4. The van der Waals surface area contributed by atoms with Crippen LogP contribution >= 0.6 is 11.8 Å². The van der Waals surface area contributed by atoms with Gasteiger partial charge in [-0.2, -0.15) is 0 Å². The second-order valence-corrected chi connectivity index (χ2v) is 6.69. The van der Waals surface area contributed by atoms with E-state index in [4.69, 9.17) is 0 Å². The third-order valence-electron chi connectivity index (χ3n) is 2.74. The zero-order chi connectivity index (χ0) is 15.6. The van der Waals surface area contributed by atoms with E-state index < -0.39 is 11.6 Å². The number of aromatic nitrogens is 2. The molecule has 2 aromatic rings. The van der Waals surface area contributed by atoms with Crippen LogP contribution in [-0.4, -0.2) is 17.0 Å². The first-order valence-corrected chi connectivity index (χ1v) is 7.31. The fourth-order valence-electron chi connectivity index (χ4n) is 1.60. The van der Waals surface area contributed by atoms with Gasteiger partial charge in [-0.15, -0.1) is 0 Å². The lowest BCUT2D eigenvalue weighted by molar-refractivity contribution is 0.506. The molecule has 0 amide bonds. The smallest absolute Gasteiger partial charge is 0.159 e. The topological polar surface area (TPSA) is 37.8 Å². The molecule has 21 heavy (non-hydrogen) atoms. The average Bonchev–Trinajstić information content (AvgIpc) is 2.41. The van der Waals surface area contributed by atoms with Crippen molar-refractivity contribution in [3.05, 3.63) is 41.7 Å². The lowest BCUT2D eigenvalue weighted by Gasteiger charge is -2.18. The highest BCUT2D eigenvalue weighted by molar-refractivity contribution is 7.99. The van der Waals surface area contributed by atoms with Crippen LogP contribution in [0.1, 0.15) is 26.6 Å². The highest BCUT2D eigenvalue weighted by Crippen LogP contribution is 2.30. The minimum Gasteiger partial charge on any atom is -0.373 e. The Morgan fingerprint density at radius 2 is 1.76 bits per heavy atom. The molecule has 0 saturated carbocycles. The van der Waals surface area contributed by atoms with Crippen molar-refractivity contribution in [3.63, 3.8) is 0 Å². The molecule has 0 fully saturated rings. The summed E-state index contributed by atoms with van der Waals surface area (Å²) >= 11 is 1.27. The minimum atomic E-state index is -0.862. The Hall–Kier alpha value is -1.69. The number of nitrogens with one attached hydrogen (secondary N) is 1. The summed E-state index contributed by atoms with van der Waals surface area (Å²) in [6.07, 6.45) is 0. The molecule has 2 rings (SSSR count). The molecule has 0 atom stereocenters. The molecule has 0 aliphatic heterocycles. The number of hydrogen-bond donors (Lipinski definition) is 1. The van der Waals surface area contributed by atoms with Crippen LogP contribution in [0.15, 0.2) is 34.2 Å². The van der Waals surface area contributed by atoms with Crippen molar-refractivity contribution in [3.8, 4) is 0 Å². The third-order valence-corrected chi connectivity index (χ3v) is 3.65. The van der Waals surface area contributed by atoms with Crippen molar-refractivity contribution < 1.29 is 8.78 Å². The molecule has 1 N–H and O–H groups in total. The first kappa shape index (κ1) is 15.7. The Kier molecular flexibility index (Phi) is 4.46. The molecule has 0 bridgehead atoms. The van der Waals surface area contributed by atoms with Gasteiger partial charge >= 0.3 is 0 Å². The first-order chi connectivity index (χ1) is 9.79. The maximum atomic E-state index is 13.3. The van der Waals surface area contributed by atoms with E-state index in [0.29, 0.717) is 21.6 Å². The van der Waals surface area contributed by atoms with Crippen LogP contribution in [0.2, 0.25) is 0 Å². The Morgan fingerprint density at radius 3 is 2.33 bits per heavy atom. The normalized spacial score (nSPS) is 11.5. The molecule has 0 aliphatic rings. The Labute approximate surface area is 127 Å². The van der Waals surface area contributed by atoms with Crippen LogP contribution in [0.3, 0.4) is 0 Å². The predicted octanol–water partition coefficient (Wildman–Crippen LogP) is 4.25. The van der Waals surface area contributed by atoms with Crippen LogP contribution in [0.25, 0.3) is 0 Å². The zero-order valence-corrected chi connectivity index (χ0v) is 13.2. The van der Waals surface area contributed by atoms with Crippen molar-refractivity contribution in [1.29, 1.82) is 0 Å². The fraction of sp³-hybridized carbons (Fsp3) is 0.333. The van der Waals surface area contributed by atoms with E-state index in [1.807, 2.05) is 20.8 Å². The highest BCUT2D eigenvalue weighted by Gasteiger charge is 2.19. The Balaban J connectivity index is 2.36. The second-order valence-electron chi connectivity index (χ2n) is 5.59. The SMILES string of the molecule is CNc1cc(Sc2ccc(F)c(F)c2)nc(C(C)(C)C)n1. The van der Waals surface area contributed by atoms with Crippen molar-refractivity contribution in [2.24, 2.45) is 0 Å². The summed E-state index contributed by atoms with van der Waals surface area (Å²) in [5.41, 5.74) is -0.198. The largest absolute Gasteiger partial charge is 0.373 e. The molecule has 0 unspecified atom stereocenters. The van der Waals surface area contributed by atoms with Gasteiger partial charge in [0, 0.05) is 23.4 Å². The van der Waals surface area contributed by atoms with Crippen LogP contribution in [0, 0.1) is 11.6 Å². The van der Waals surface area contributed by atoms with Crippen molar-refractivity contribution >= 4 is 17.6 Å². The van der Waals surface area contributed by atoms with E-state index in [2.05, 4.69) is 15.3 Å². The summed E-state index contributed by atoms with van der Waals surface area (Å²) in [7, 11) is 1.78. The number of nitrogens with zero attached hydrogens (tertiary/aromatic N) is 2. The van der Waals surface area contributed by atoms with Crippen molar-refractivity contribution in [1.82, 2.24) is 9.97 Å². The summed E-state index contributed by atoms with van der Waals surface area (Å²) in [5.74, 6) is -0.327. The van der Waals surface area contributed by atoms with Gasteiger partial charge in [-0.1, -0.05) is 32.5 Å². The molecule has 0 spiro atoms. The summed E-state index contributed by atoms with van der Waals surface area (Å²) in [6, 6.07) is 5.59. The Bertz CT molecular complexity index is 654. The molecule has 0 saturated heterocycles. The summed E-state index contributed by atoms with van der Waals surface area (Å²) in [6.45, 7) is 6.06. The van der Waals surface area contributed by atoms with E-state index in [1.165, 1.54) is 17.8 Å². The van der Waals surface area contributed by atoms with Gasteiger partial charge in [0.05, 0.1) is 0 Å². The lowest BCUT2D eigenvalue weighted by Crippen LogP contribution is -2.17. The number of rotatable bonds is 3. The highest BCUT2D eigenvalue weighted by atomic mass is 32.2. The van der Waals surface area contributed by atoms with Crippen molar-refractivity contribution in [2.45, 2.75) is 36.1 Å². The van der Waals surface area contributed by atoms with Gasteiger partial charge in [-0.25, -0.2) is 18.7 Å². The quantitative estimate of drug-likeness (QED) is 0.860. The average molecular weight is 309 g/mol. The van der Waals surface area contributed by atoms with Crippen LogP contribution in [-0.2, 0) is 5.41 Å². The van der Waals surface area contributed by atoms with E-state index in [9.17, 15) is 8.78 Å². The molecule has 0 radical (unpaired) electrons. The molecule has 1 aromatic heterocycles. The second kappa shape index (κ2) is 5.97. The van der Waals surface area contributed by atoms with Gasteiger partial charge in [-0.3, -0.25) is 0 Å². The fourth-order valence-corrected chi connectivity index (χ4v) is 2.44. The molecular formula is C15H17F2N3S. The van der Waals surface area contributed by atoms with Gasteiger partial charge in [0.1, 0.15) is 16.7 Å². The first-order valence-electron chi connectivity index (χ1n) is 6.50. The molecule has 1 aromatic carbocycles. The molecular weight excluding hydrogens is 292 g/mol. The molecule has 0 aliphatic carbocycles. The lowest BCUT2D eigenvalue weighted by atomic mass is 9.96. The van der Waals surface area contributed by atoms with Gasteiger partial charge in [0.2, 0.25) is 0 Å². The van der Waals surface area contributed by atoms with Gasteiger partial charge in [0.25, 0.3) is 0 Å². The zero-order valence-electron chi connectivity index (χ0n) is 12.4. The number of benzene rings is 1. The minimum absolute atomic E-state index is 0.198. The monoisotopic (exact) mass is 309 g/mol. The summed E-state index contributed by atoms with van der Waals surface area (Å²) in [5, 5.41) is 3.67. The molecule has 112 valence electrons. The number of halogens is 2. The standard InChI is InChI=1S/C15H17F2N3S/c1-15(2,3)14-19-12(18-4)8-13(20-14)21-9-5-6-10(16)11(17)7-9/h5-8H,1-4H3,(H,18,19,20). The maximum Gasteiger partial charge on any atom is 0.159 e. The summed E-state index contributed by atoms with van der Waals surface area (Å²) in [4.78, 5) is 9.51. The molecule has 3 nitrogen and oxygen atoms in total. The van der Waals surface area contributed by atoms with E-state index in [1.54, 1.807) is 13.1 Å². The Morgan fingerprint density at radius 1 is 1.05 bits per heavy atom. The van der Waals surface area contributed by atoms with Gasteiger partial charge in [0.15, 0.2) is 11.6 Å². The van der Waals surface area contributed by atoms with Crippen LogP contribution < -0.4 is 5.32 Å². The van der Waals surface area contributed by atoms with E-state index in [-0.39, 0.29) is 5.41 Å².